The van der Waals surface area contributed by atoms with Crippen LogP contribution in [-0.2, 0) is 13.1 Å². The van der Waals surface area contributed by atoms with Crippen LogP contribution in [0.15, 0.2) is 101 Å². The first-order chi connectivity index (χ1) is 16.6. The number of anilines is 1. The summed E-state index contributed by atoms with van der Waals surface area (Å²) in [6, 6.07) is 24.2. The predicted molar refractivity (Wildman–Crippen MR) is 134 cm³/mol. The molecule has 3 aromatic carbocycles. The summed E-state index contributed by atoms with van der Waals surface area (Å²) < 4.78 is 0. The van der Waals surface area contributed by atoms with E-state index in [0.717, 1.165) is 20.9 Å². The van der Waals surface area contributed by atoms with E-state index in [0.29, 0.717) is 34.9 Å². The molecule has 0 bridgehead atoms. The van der Waals surface area contributed by atoms with E-state index in [1.807, 2.05) is 66.7 Å². The molecule has 5 rings (SSSR count). The van der Waals surface area contributed by atoms with Crippen molar-refractivity contribution >= 4 is 40.9 Å². The number of rotatable bonds is 5. The number of benzene rings is 3. The molecular formula is C27H20ClN3O2S. The zero-order valence-corrected chi connectivity index (χ0v) is 19.6. The van der Waals surface area contributed by atoms with Crippen molar-refractivity contribution < 1.29 is 9.59 Å². The highest BCUT2D eigenvalue weighted by atomic mass is 35.5. The Hall–Kier alpha value is -3.61. The number of pyridine rings is 1. The fraction of sp³-hybridized carbons (Fsp3) is 0.0741. The lowest BCUT2D eigenvalue weighted by Crippen LogP contribution is -2.31. The van der Waals surface area contributed by atoms with Gasteiger partial charge in [-0.25, -0.2) is 0 Å². The van der Waals surface area contributed by atoms with Gasteiger partial charge in [0, 0.05) is 39.3 Å². The molecule has 4 aromatic rings. The van der Waals surface area contributed by atoms with E-state index >= 15 is 0 Å². The predicted octanol–water partition coefficient (Wildman–Crippen LogP) is 5.98. The van der Waals surface area contributed by atoms with Gasteiger partial charge < -0.3 is 10.2 Å². The third-order valence-corrected chi connectivity index (χ3v) is 7.07. The van der Waals surface area contributed by atoms with Gasteiger partial charge in [0.25, 0.3) is 11.8 Å². The Morgan fingerprint density at radius 1 is 0.971 bits per heavy atom. The highest BCUT2D eigenvalue weighted by Crippen LogP contribution is 2.42. The minimum Gasteiger partial charge on any atom is -0.348 e. The van der Waals surface area contributed by atoms with Crippen LogP contribution in [0.3, 0.4) is 0 Å². The number of halogens is 1. The zero-order chi connectivity index (χ0) is 23.5. The SMILES string of the molecule is O=C(NCc1cccnc1)c1ccc2c(c1)N(Cc1ccccc1Cl)C(=O)c1ccccc1S2. The van der Waals surface area contributed by atoms with Crippen LogP contribution < -0.4 is 10.2 Å². The first-order valence-electron chi connectivity index (χ1n) is 10.7. The smallest absolute Gasteiger partial charge is 0.259 e. The van der Waals surface area contributed by atoms with E-state index in [2.05, 4.69) is 10.3 Å². The minimum absolute atomic E-state index is 0.130. The van der Waals surface area contributed by atoms with E-state index in [-0.39, 0.29) is 11.8 Å². The molecule has 1 aliphatic rings. The summed E-state index contributed by atoms with van der Waals surface area (Å²) >= 11 is 7.95. The molecule has 1 aliphatic heterocycles. The fourth-order valence-electron chi connectivity index (χ4n) is 3.80. The summed E-state index contributed by atoms with van der Waals surface area (Å²) in [4.78, 5) is 34.2. The van der Waals surface area contributed by atoms with Crippen LogP contribution in [0.1, 0.15) is 31.8 Å². The van der Waals surface area contributed by atoms with Gasteiger partial charge in [0.2, 0.25) is 0 Å². The summed E-state index contributed by atoms with van der Waals surface area (Å²) in [5.41, 5.74) is 3.52. The van der Waals surface area contributed by atoms with Gasteiger partial charge in [-0.3, -0.25) is 14.6 Å². The van der Waals surface area contributed by atoms with Crippen molar-refractivity contribution in [2.24, 2.45) is 0 Å². The topological polar surface area (TPSA) is 62.3 Å². The quantitative estimate of drug-likeness (QED) is 0.378. The molecule has 0 fully saturated rings. The van der Waals surface area contributed by atoms with Crippen LogP contribution in [0, 0.1) is 0 Å². The monoisotopic (exact) mass is 485 g/mol. The van der Waals surface area contributed by atoms with Gasteiger partial charge in [-0.15, -0.1) is 0 Å². The molecule has 168 valence electrons. The summed E-state index contributed by atoms with van der Waals surface area (Å²) in [6.45, 7) is 0.660. The molecule has 5 nitrogen and oxygen atoms in total. The van der Waals surface area contributed by atoms with Gasteiger partial charge in [0.1, 0.15) is 0 Å². The molecule has 2 heterocycles. The third kappa shape index (κ3) is 4.55. The number of carbonyl (C=O) groups is 2. The molecule has 0 radical (unpaired) electrons. The highest BCUT2D eigenvalue weighted by molar-refractivity contribution is 7.99. The van der Waals surface area contributed by atoms with E-state index < -0.39 is 0 Å². The fourth-order valence-corrected chi connectivity index (χ4v) is 5.06. The summed E-state index contributed by atoms with van der Waals surface area (Å²) in [6.07, 6.45) is 3.41. The van der Waals surface area contributed by atoms with Crippen molar-refractivity contribution in [2.45, 2.75) is 22.9 Å². The average Bonchev–Trinajstić information content (AvgIpc) is 2.98. The molecule has 0 saturated heterocycles. The number of aromatic nitrogens is 1. The molecule has 0 unspecified atom stereocenters. The second kappa shape index (κ2) is 9.71. The lowest BCUT2D eigenvalue weighted by Gasteiger charge is -2.24. The molecule has 0 saturated carbocycles. The Balaban J connectivity index is 1.51. The Labute approximate surface area is 206 Å². The van der Waals surface area contributed by atoms with Crippen molar-refractivity contribution in [3.8, 4) is 0 Å². The summed E-state index contributed by atoms with van der Waals surface area (Å²) in [5.74, 6) is -0.349. The second-order valence-corrected chi connectivity index (χ2v) is 9.30. The molecule has 0 spiro atoms. The standard InChI is InChI=1S/C27H20ClN3O2S/c28-22-9-3-1-7-20(22)17-31-23-14-19(26(32)30-16-18-6-5-13-29-15-18)11-12-25(23)34-24-10-4-2-8-21(24)27(31)33/h1-15H,16-17H2,(H,30,32). The van der Waals surface area contributed by atoms with E-state index in [1.165, 1.54) is 11.8 Å². The molecular weight excluding hydrogens is 466 g/mol. The van der Waals surface area contributed by atoms with Crippen LogP contribution in [0.5, 0.6) is 0 Å². The summed E-state index contributed by atoms with van der Waals surface area (Å²) in [7, 11) is 0. The number of fused-ring (bicyclic) bond motifs is 2. The normalized spacial score (nSPS) is 12.5. The molecule has 34 heavy (non-hydrogen) atoms. The number of amides is 2. The first kappa shape index (κ1) is 22.2. The van der Waals surface area contributed by atoms with E-state index in [9.17, 15) is 9.59 Å². The number of nitrogens with one attached hydrogen (secondary N) is 1. The van der Waals surface area contributed by atoms with Crippen molar-refractivity contribution in [3.63, 3.8) is 0 Å². The Morgan fingerprint density at radius 2 is 1.79 bits per heavy atom. The number of hydrogen-bond acceptors (Lipinski definition) is 4. The second-order valence-electron chi connectivity index (χ2n) is 7.81. The first-order valence-corrected chi connectivity index (χ1v) is 11.9. The summed E-state index contributed by atoms with van der Waals surface area (Å²) in [5, 5.41) is 3.52. The van der Waals surface area contributed by atoms with E-state index in [4.69, 9.17) is 11.6 Å². The van der Waals surface area contributed by atoms with Gasteiger partial charge >= 0.3 is 0 Å². The van der Waals surface area contributed by atoms with Crippen molar-refractivity contribution in [1.82, 2.24) is 10.3 Å². The Bertz CT molecular complexity index is 1380. The number of nitrogens with zero attached hydrogens (tertiary/aromatic N) is 2. The maximum absolute atomic E-state index is 13.7. The molecule has 1 aromatic heterocycles. The van der Waals surface area contributed by atoms with Crippen LogP contribution >= 0.6 is 23.4 Å². The number of hydrogen-bond donors (Lipinski definition) is 1. The van der Waals surface area contributed by atoms with Crippen molar-refractivity contribution in [1.29, 1.82) is 0 Å². The van der Waals surface area contributed by atoms with Crippen LogP contribution in [0.4, 0.5) is 5.69 Å². The molecule has 0 aliphatic carbocycles. The largest absolute Gasteiger partial charge is 0.348 e. The van der Waals surface area contributed by atoms with Gasteiger partial charge in [-0.2, -0.15) is 0 Å². The van der Waals surface area contributed by atoms with E-state index in [1.54, 1.807) is 29.4 Å². The molecule has 0 atom stereocenters. The maximum atomic E-state index is 13.7. The van der Waals surface area contributed by atoms with Gasteiger partial charge in [-0.05, 0) is 53.6 Å². The lowest BCUT2D eigenvalue weighted by atomic mass is 10.1. The van der Waals surface area contributed by atoms with Gasteiger partial charge in [0.05, 0.1) is 17.8 Å². The van der Waals surface area contributed by atoms with Crippen molar-refractivity contribution in [2.75, 3.05) is 4.90 Å². The lowest BCUT2D eigenvalue weighted by molar-refractivity contribution is 0.0947. The maximum Gasteiger partial charge on any atom is 0.259 e. The highest BCUT2D eigenvalue weighted by Gasteiger charge is 2.28. The zero-order valence-electron chi connectivity index (χ0n) is 18.1. The number of carbonyl (C=O) groups excluding carboxylic acids is 2. The van der Waals surface area contributed by atoms with Crippen molar-refractivity contribution in [3.05, 3.63) is 119 Å². The Kier molecular flexibility index (Phi) is 6.34. The van der Waals surface area contributed by atoms with Gasteiger partial charge in [-0.1, -0.05) is 59.8 Å². The molecule has 7 heteroatoms. The Morgan fingerprint density at radius 3 is 2.62 bits per heavy atom. The third-order valence-electron chi connectivity index (χ3n) is 5.56. The van der Waals surface area contributed by atoms with Gasteiger partial charge in [0.15, 0.2) is 0 Å². The van der Waals surface area contributed by atoms with Crippen LogP contribution in [0.2, 0.25) is 5.02 Å². The molecule has 2 amide bonds. The minimum atomic E-state index is -0.219. The average molecular weight is 486 g/mol. The van der Waals surface area contributed by atoms with Crippen LogP contribution in [0.25, 0.3) is 0 Å². The molecule has 1 N–H and O–H groups in total. The van der Waals surface area contributed by atoms with Crippen LogP contribution in [-0.4, -0.2) is 16.8 Å².